The molecule has 1 aliphatic carbocycles. The molecule has 0 saturated heterocycles. The molecule has 0 unspecified atom stereocenters. The van der Waals surface area contributed by atoms with Crippen LogP contribution in [0.5, 0.6) is 0 Å². The van der Waals surface area contributed by atoms with Gasteiger partial charge >= 0.3 is 0 Å². The predicted molar refractivity (Wildman–Crippen MR) is 18.3 cm³/mol. The molecule has 1 rings (SSSR count). The van der Waals surface area contributed by atoms with Crippen molar-refractivity contribution in [1.29, 1.82) is 0 Å². The normalized spacial score (nSPS) is 22.0. The summed E-state index contributed by atoms with van der Waals surface area (Å²) < 4.78 is 6.69. The van der Waals surface area contributed by atoms with Gasteiger partial charge in [0.05, 0.1) is 1.37 Å². The third-order valence-corrected chi connectivity index (χ3v) is 0.385. The molecule has 0 atom stereocenters. The van der Waals surface area contributed by atoms with E-state index in [9.17, 15) is 0 Å². The zero-order valence-electron chi connectivity index (χ0n) is 3.23. The van der Waals surface area contributed by atoms with Gasteiger partial charge in [-0.25, -0.2) is 0 Å². The Kier molecular flexibility index (Phi) is 0.120. The van der Waals surface area contributed by atoms with Gasteiger partial charge in [-0.05, 0) is 0 Å². The molecule has 0 aromatic heterocycles. The number of allylic oxidation sites excluding steroid dienone is 4. The molecule has 0 heterocycles. The van der Waals surface area contributed by atoms with Gasteiger partial charge in [0.1, 0.15) is 0 Å². The quantitative estimate of drug-likeness (QED) is 0.388. The van der Waals surface area contributed by atoms with Gasteiger partial charge in [0.25, 0.3) is 0 Å². The third kappa shape index (κ3) is 0.0282. The average Bonchev–Trinajstić information content (AvgIpc) is 1.30. The standard InChI is InChI=1S/C4H4/c1-2-4-3-1/h1-4H/i1D. The molecule has 1 aliphatic rings. The van der Waals surface area contributed by atoms with E-state index in [0.29, 0.717) is 6.05 Å². The largest absolute Gasteiger partial charge is 0.0623 e. The topological polar surface area (TPSA) is 0 Å². The van der Waals surface area contributed by atoms with E-state index >= 15 is 0 Å². The number of hydrogen-bond donors (Lipinski definition) is 0. The summed E-state index contributed by atoms with van der Waals surface area (Å²) in [5, 5.41) is 0. The molecular formula is C4H4. The highest BCUT2D eigenvalue weighted by Gasteiger charge is 1.65. The second kappa shape index (κ2) is 0.449. The Morgan fingerprint density at radius 1 is 1.25 bits per heavy atom. The minimum Gasteiger partial charge on any atom is -0.0623 e. The average molecular weight is 53.1 g/mol. The lowest BCUT2D eigenvalue weighted by Gasteiger charge is -1.77. The number of rotatable bonds is 0. The maximum Gasteiger partial charge on any atom is 0.0623 e. The monoisotopic (exact) mass is 53.0 g/mol. The SMILES string of the molecule is [2H]C1=CC=C1. The summed E-state index contributed by atoms with van der Waals surface area (Å²) >= 11 is 0. The van der Waals surface area contributed by atoms with Gasteiger partial charge in [-0.1, -0.05) is 24.3 Å². The summed E-state index contributed by atoms with van der Waals surface area (Å²) in [7, 11) is 0. The lowest BCUT2D eigenvalue weighted by atomic mass is 10.3. The van der Waals surface area contributed by atoms with Crippen LogP contribution in [0.3, 0.4) is 0 Å². The van der Waals surface area contributed by atoms with Crippen LogP contribution in [0.25, 0.3) is 0 Å². The first kappa shape index (κ1) is 1.07. The van der Waals surface area contributed by atoms with Crippen molar-refractivity contribution in [1.82, 2.24) is 0 Å². The van der Waals surface area contributed by atoms with Gasteiger partial charge in [0.15, 0.2) is 0 Å². The van der Waals surface area contributed by atoms with E-state index < -0.39 is 0 Å². The molecule has 20 valence electrons. The summed E-state index contributed by atoms with van der Waals surface area (Å²) in [6, 6.07) is 0.630. The molecular weight excluding hydrogens is 48.0 g/mol. The van der Waals surface area contributed by atoms with Crippen LogP contribution in [-0.2, 0) is 0 Å². The molecule has 0 aliphatic heterocycles. The highest BCUT2D eigenvalue weighted by molar-refractivity contribution is 5.22. The van der Waals surface area contributed by atoms with E-state index in [2.05, 4.69) is 0 Å². The Morgan fingerprint density at radius 2 is 1.75 bits per heavy atom. The van der Waals surface area contributed by atoms with Crippen molar-refractivity contribution in [2.24, 2.45) is 0 Å². The van der Waals surface area contributed by atoms with Crippen molar-refractivity contribution >= 4 is 0 Å². The molecule has 0 fully saturated rings. The first-order valence-corrected chi connectivity index (χ1v) is 1.24. The zero-order chi connectivity index (χ0) is 3.70. The van der Waals surface area contributed by atoms with Gasteiger partial charge in [0.2, 0.25) is 0 Å². The Balaban J connectivity index is 2.60. The molecule has 0 amide bonds. The third-order valence-electron chi connectivity index (χ3n) is 0.385. The van der Waals surface area contributed by atoms with Gasteiger partial charge in [0, 0.05) is 0 Å². The molecule has 0 radical (unpaired) electrons. The van der Waals surface area contributed by atoms with Crippen LogP contribution >= 0.6 is 0 Å². The van der Waals surface area contributed by atoms with Crippen molar-refractivity contribution in [3.05, 3.63) is 24.3 Å². The van der Waals surface area contributed by atoms with Crippen LogP contribution in [0.2, 0.25) is 0 Å². The summed E-state index contributed by atoms with van der Waals surface area (Å²) in [6.07, 6.45) is 5.35. The van der Waals surface area contributed by atoms with E-state index in [-0.39, 0.29) is 0 Å². The van der Waals surface area contributed by atoms with Gasteiger partial charge < -0.3 is 0 Å². The second-order valence-corrected chi connectivity index (χ2v) is 0.692. The zero-order valence-corrected chi connectivity index (χ0v) is 2.23. The summed E-state index contributed by atoms with van der Waals surface area (Å²) in [6.45, 7) is 0. The van der Waals surface area contributed by atoms with E-state index in [4.69, 9.17) is 1.37 Å². The van der Waals surface area contributed by atoms with Gasteiger partial charge in [-0.2, -0.15) is 0 Å². The fourth-order valence-corrected chi connectivity index (χ4v) is 0.0962. The first-order chi connectivity index (χ1) is 2.39. The predicted octanol–water partition coefficient (Wildman–Crippen LogP) is 1.11. The minimum atomic E-state index is 0.630. The Labute approximate surface area is 26.9 Å². The fraction of sp³-hybridized carbons (Fsp3) is 0. The minimum absolute atomic E-state index is 0.630. The Morgan fingerprint density at radius 3 is 1.75 bits per heavy atom. The van der Waals surface area contributed by atoms with Crippen LogP contribution < -0.4 is 0 Å². The Hall–Kier alpha value is -0.520. The molecule has 0 nitrogen and oxygen atoms in total. The van der Waals surface area contributed by atoms with Crippen molar-refractivity contribution in [2.75, 3.05) is 0 Å². The maximum absolute atomic E-state index is 6.69. The van der Waals surface area contributed by atoms with E-state index in [0.717, 1.165) is 0 Å². The van der Waals surface area contributed by atoms with E-state index in [1.807, 2.05) is 6.08 Å². The van der Waals surface area contributed by atoms with Gasteiger partial charge in [-0.3, -0.25) is 0 Å². The lowest BCUT2D eigenvalue weighted by molar-refractivity contribution is 1.81. The van der Waals surface area contributed by atoms with Crippen LogP contribution in [0, 0.1) is 0 Å². The highest BCUT2D eigenvalue weighted by atomic mass is 13.7. The van der Waals surface area contributed by atoms with Crippen molar-refractivity contribution in [3.63, 3.8) is 0 Å². The molecule has 0 saturated carbocycles. The molecule has 0 aromatic rings. The molecule has 4 heavy (non-hydrogen) atoms. The van der Waals surface area contributed by atoms with Gasteiger partial charge in [-0.15, -0.1) is 0 Å². The molecule has 0 heteroatoms. The van der Waals surface area contributed by atoms with Crippen molar-refractivity contribution < 1.29 is 1.37 Å². The maximum atomic E-state index is 6.69. The van der Waals surface area contributed by atoms with Crippen LogP contribution in [-0.4, -0.2) is 0 Å². The molecule has 0 N–H and O–H groups in total. The van der Waals surface area contributed by atoms with Crippen molar-refractivity contribution in [2.45, 2.75) is 0 Å². The molecule has 0 bridgehead atoms. The smallest absolute Gasteiger partial charge is 0.0623 e. The number of hydrogen-bond acceptors (Lipinski definition) is 0. The van der Waals surface area contributed by atoms with Crippen molar-refractivity contribution in [3.8, 4) is 0 Å². The molecule has 0 spiro atoms. The fourth-order valence-electron chi connectivity index (χ4n) is 0.0962. The summed E-state index contributed by atoms with van der Waals surface area (Å²) in [5.41, 5.74) is 0. The molecule has 0 aromatic carbocycles. The Bertz CT molecular complexity index is 89.8. The van der Waals surface area contributed by atoms with Crippen LogP contribution in [0.1, 0.15) is 1.37 Å². The van der Waals surface area contributed by atoms with E-state index in [1.165, 1.54) is 0 Å². The first-order valence-electron chi connectivity index (χ1n) is 1.74. The summed E-state index contributed by atoms with van der Waals surface area (Å²) in [5.74, 6) is 0. The van der Waals surface area contributed by atoms with E-state index in [1.54, 1.807) is 12.2 Å². The van der Waals surface area contributed by atoms with Crippen LogP contribution in [0.4, 0.5) is 0 Å². The highest BCUT2D eigenvalue weighted by Crippen LogP contribution is 1.86. The summed E-state index contributed by atoms with van der Waals surface area (Å²) in [4.78, 5) is 0. The lowest BCUT2D eigenvalue weighted by Crippen LogP contribution is -1.55. The second-order valence-electron chi connectivity index (χ2n) is 0.692. The van der Waals surface area contributed by atoms with Crippen LogP contribution in [0.15, 0.2) is 24.3 Å².